The molecule has 0 fully saturated rings. The van der Waals surface area contributed by atoms with E-state index in [0.29, 0.717) is 17.0 Å². The molecule has 0 bridgehead atoms. The SMILES string of the molecule is COc1ccc(/C(C)=N\NC(=O)c2ccoc2C)cc1. The smallest absolute Gasteiger partial charge is 0.274 e. The average Bonchev–Trinajstić information content (AvgIpc) is 2.90. The Hall–Kier alpha value is -2.56. The molecule has 5 heteroatoms. The van der Waals surface area contributed by atoms with Crippen molar-refractivity contribution in [2.45, 2.75) is 13.8 Å². The fourth-order valence-corrected chi connectivity index (χ4v) is 1.71. The summed E-state index contributed by atoms with van der Waals surface area (Å²) in [5.41, 5.74) is 4.62. The Morgan fingerprint density at radius 2 is 1.95 bits per heavy atom. The Morgan fingerprint density at radius 1 is 1.25 bits per heavy atom. The predicted molar refractivity (Wildman–Crippen MR) is 76.1 cm³/mol. The van der Waals surface area contributed by atoms with Crippen LogP contribution in [0.1, 0.15) is 28.6 Å². The minimum absolute atomic E-state index is 0.288. The second-order valence-corrected chi connectivity index (χ2v) is 4.26. The number of carbonyl (C=O) groups is 1. The first-order valence-electron chi connectivity index (χ1n) is 6.15. The molecule has 0 aliphatic rings. The van der Waals surface area contributed by atoms with Crippen molar-refractivity contribution in [1.82, 2.24) is 5.43 Å². The molecule has 1 N–H and O–H groups in total. The van der Waals surface area contributed by atoms with Gasteiger partial charge in [-0.15, -0.1) is 0 Å². The zero-order valence-corrected chi connectivity index (χ0v) is 11.6. The van der Waals surface area contributed by atoms with Gasteiger partial charge in [0.05, 0.1) is 24.6 Å². The number of carbonyl (C=O) groups excluding carboxylic acids is 1. The van der Waals surface area contributed by atoms with E-state index in [1.54, 1.807) is 20.1 Å². The standard InChI is InChI=1S/C15H16N2O3/c1-10(12-4-6-13(19-3)7-5-12)16-17-15(18)14-8-9-20-11(14)2/h4-9H,1-3H3,(H,17,18)/b16-10-. The van der Waals surface area contributed by atoms with Crippen molar-refractivity contribution < 1.29 is 13.9 Å². The second-order valence-electron chi connectivity index (χ2n) is 4.26. The number of ether oxygens (including phenoxy) is 1. The van der Waals surface area contributed by atoms with Gasteiger partial charge >= 0.3 is 0 Å². The van der Waals surface area contributed by atoms with Crippen molar-refractivity contribution in [2.24, 2.45) is 5.10 Å². The number of methoxy groups -OCH3 is 1. The van der Waals surface area contributed by atoms with Crippen LogP contribution < -0.4 is 10.2 Å². The Labute approximate surface area is 117 Å². The van der Waals surface area contributed by atoms with Gasteiger partial charge in [0.2, 0.25) is 0 Å². The van der Waals surface area contributed by atoms with Gasteiger partial charge in [-0.2, -0.15) is 5.10 Å². The van der Waals surface area contributed by atoms with Gasteiger partial charge in [-0.25, -0.2) is 5.43 Å². The van der Waals surface area contributed by atoms with Crippen LogP contribution in [0.25, 0.3) is 0 Å². The van der Waals surface area contributed by atoms with Crippen LogP contribution in [0.15, 0.2) is 46.1 Å². The molecule has 1 aromatic carbocycles. The molecule has 104 valence electrons. The summed E-state index contributed by atoms with van der Waals surface area (Å²) >= 11 is 0. The van der Waals surface area contributed by atoms with Crippen LogP contribution in [-0.4, -0.2) is 18.7 Å². The fourth-order valence-electron chi connectivity index (χ4n) is 1.71. The van der Waals surface area contributed by atoms with Gasteiger partial charge in [0.25, 0.3) is 5.91 Å². The number of rotatable bonds is 4. The number of nitrogens with one attached hydrogen (secondary N) is 1. The monoisotopic (exact) mass is 272 g/mol. The Morgan fingerprint density at radius 3 is 2.50 bits per heavy atom. The van der Waals surface area contributed by atoms with E-state index >= 15 is 0 Å². The molecule has 0 unspecified atom stereocenters. The van der Waals surface area contributed by atoms with Gasteiger partial charge in [-0.1, -0.05) is 0 Å². The number of amides is 1. The van der Waals surface area contributed by atoms with Gasteiger partial charge in [-0.05, 0) is 49.7 Å². The van der Waals surface area contributed by atoms with E-state index in [0.717, 1.165) is 11.3 Å². The summed E-state index contributed by atoms with van der Waals surface area (Å²) in [6.45, 7) is 3.55. The number of furan rings is 1. The maximum absolute atomic E-state index is 11.9. The maximum Gasteiger partial charge on any atom is 0.274 e. The lowest BCUT2D eigenvalue weighted by atomic mass is 10.1. The molecular weight excluding hydrogens is 256 g/mol. The highest BCUT2D eigenvalue weighted by atomic mass is 16.5. The van der Waals surface area contributed by atoms with Crippen LogP contribution in [0.3, 0.4) is 0 Å². The van der Waals surface area contributed by atoms with E-state index < -0.39 is 0 Å². The molecule has 1 heterocycles. The molecule has 20 heavy (non-hydrogen) atoms. The minimum Gasteiger partial charge on any atom is -0.497 e. The number of hydrogen-bond donors (Lipinski definition) is 1. The van der Waals surface area contributed by atoms with Crippen LogP contribution in [0.4, 0.5) is 0 Å². The summed E-state index contributed by atoms with van der Waals surface area (Å²) in [5.74, 6) is 1.06. The quantitative estimate of drug-likeness (QED) is 0.687. The van der Waals surface area contributed by atoms with Crippen molar-refractivity contribution in [3.63, 3.8) is 0 Å². The number of aryl methyl sites for hydroxylation is 1. The third kappa shape index (κ3) is 3.06. The Kier molecular flexibility index (Phi) is 4.20. The van der Waals surface area contributed by atoms with Crippen molar-refractivity contribution in [1.29, 1.82) is 0 Å². The summed E-state index contributed by atoms with van der Waals surface area (Å²) < 4.78 is 10.2. The number of benzene rings is 1. The summed E-state index contributed by atoms with van der Waals surface area (Å²) in [5, 5.41) is 4.08. The van der Waals surface area contributed by atoms with E-state index in [4.69, 9.17) is 9.15 Å². The molecule has 1 amide bonds. The first kappa shape index (κ1) is 13.9. The highest BCUT2D eigenvalue weighted by molar-refractivity contribution is 6.01. The predicted octanol–water partition coefficient (Wildman–Crippen LogP) is 2.75. The molecule has 0 saturated heterocycles. The average molecular weight is 272 g/mol. The van der Waals surface area contributed by atoms with E-state index in [1.165, 1.54) is 6.26 Å². The Bertz CT molecular complexity index is 627. The number of hydrazone groups is 1. The van der Waals surface area contributed by atoms with Gasteiger partial charge in [0, 0.05) is 0 Å². The summed E-state index contributed by atoms with van der Waals surface area (Å²) in [4.78, 5) is 11.9. The van der Waals surface area contributed by atoms with Crippen LogP contribution >= 0.6 is 0 Å². The summed E-state index contributed by atoms with van der Waals surface area (Å²) in [6.07, 6.45) is 1.48. The highest BCUT2D eigenvalue weighted by Crippen LogP contribution is 2.12. The molecule has 5 nitrogen and oxygen atoms in total. The Balaban J connectivity index is 2.07. The van der Waals surface area contributed by atoms with E-state index in [-0.39, 0.29) is 5.91 Å². The van der Waals surface area contributed by atoms with Gasteiger partial charge in [0.1, 0.15) is 11.5 Å². The largest absolute Gasteiger partial charge is 0.497 e. The zero-order chi connectivity index (χ0) is 14.5. The van der Waals surface area contributed by atoms with Crippen molar-refractivity contribution in [3.8, 4) is 5.75 Å². The van der Waals surface area contributed by atoms with Crippen LogP contribution in [0.5, 0.6) is 5.75 Å². The fraction of sp³-hybridized carbons (Fsp3) is 0.200. The van der Waals surface area contributed by atoms with E-state index in [2.05, 4.69) is 10.5 Å². The van der Waals surface area contributed by atoms with Crippen LogP contribution in [-0.2, 0) is 0 Å². The van der Waals surface area contributed by atoms with E-state index in [9.17, 15) is 4.79 Å². The molecule has 0 aliphatic heterocycles. The summed E-state index contributed by atoms with van der Waals surface area (Å²) in [7, 11) is 1.61. The highest BCUT2D eigenvalue weighted by Gasteiger charge is 2.10. The molecule has 1 aromatic heterocycles. The molecule has 2 rings (SSSR count). The third-order valence-electron chi connectivity index (χ3n) is 2.94. The minimum atomic E-state index is -0.288. The first-order valence-corrected chi connectivity index (χ1v) is 6.15. The van der Waals surface area contributed by atoms with Crippen LogP contribution in [0, 0.1) is 6.92 Å². The lowest BCUT2D eigenvalue weighted by Gasteiger charge is -2.04. The zero-order valence-electron chi connectivity index (χ0n) is 11.6. The van der Waals surface area contributed by atoms with Gasteiger partial charge in [0.15, 0.2) is 0 Å². The van der Waals surface area contributed by atoms with Crippen LogP contribution in [0.2, 0.25) is 0 Å². The molecule has 0 aliphatic carbocycles. The maximum atomic E-state index is 11.9. The second kappa shape index (κ2) is 6.06. The van der Waals surface area contributed by atoms with Crippen molar-refractivity contribution >= 4 is 11.6 Å². The van der Waals surface area contributed by atoms with Crippen molar-refractivity contribution in [2.75, 3.05) is 7.11 Å². The molecule has 0 radical (unpaired) electrons. The number of hydrogen-bond acceptors (Lipinski definition) is 4. The molecule has 2 aromatic rings. The topological polar surface area (TPSA) is 63.8 Å². The first-order chi connectivity index (χ1) is 9.61. The van der Waals surface area contributed by atoms with E-state index in [1.807, 2.05) is 31.2 Å². The molecule has 0 saturated carbocycles. The van der Waals surface area contributed by atoms with Crippen molar-refractivity contribution in [3.05, 3.63) is 53.5 Å². The molecule has 0 atom stereocenters. The normalized spacial score (nSPS) is 11.2. The summed E-state index contributed by atoms with van der Waals surface area (Å²) in [6, 6.07) is 9.07. The lowest BCUT2D eigenvalue weighted by molar-refractivity contribution is 0.0953. The molecule has 0 spiro atoms. The lowest BCUT2D eigenvalue weighted by Crippen LogP contribution is -2.19. The number of nitrogens with zero attached hydrogens (tertiary/aromatic N) is 1. The third-order valence-corrected chi connectivity index (χ3v) is 2.94. The molecular formula is C15H16N2O3. The van der Waals surface area contributed by atoms with Gasteiger partial charge in [-0.3, -0.25) is 4.79 Å². The van der Waals surface area contributed by atoms with Gasteiger partial charge < -0.3 is 9.15 Å².